The normalized spacial score (nSPS) is 12.5. The van der Waals surface area contributed by atoms with Gasteiger partial charge in [-0.2, -0.15) is 0 Å². The number of halogens is 1. The minimum absolute atomic E-state index is 0.0175. The molecule has 1 aromatic rings. The van der Waals surface area contributed by atoms with Crippen molar-refractivity contribution in [1.29, 1.82) is 0 Å². The highest BCUT2D eigenvalue weighted by Gasteiger charge is 2.14. The van der Waals surface area contributed by atoms with Crippen LogP contribution in [-0.4, -0.2) is 43.6 Å². The van der Waals surface area contributed by atoms with Crippen LogP contribution in [-0.2, 0) is 9.84 Å². The summed E-state index contributed by atoms with van der Waals surface area (Å²) in [4.78, 5) is 22.6. The Labute approximate surface area is 130 Å². The molecule has 21 heavy (non-hydrogen) atoms. The van der Waals surface area contributed by atoms with Crippen molar-refractivity contribution in [2.45, 2.75) is 13.0 Å². The predicted molar refractivity (Wildman–Crippen MR) is 82.4 cm³/mol. The molecule has 0 saturated carbocycles. The van der Waals surface area contributed by atoms with Crippen LogP contribution >= 0.6 is 15.9 Å². The van der Waals surface area contributed by atoms with Gasteiger partial charge in [-0.05, 0) is 25.1 Å². The highest BCUT2D eigenvalue weighted by atomic mass is 79.9. The van der Waals surface area contributed by atoms with Crippen molar-refractivity contribution >= 4 is 43.5 Å². The largest absolute Gasteiger partial charge is 0.478 e. The first kappa shape index (κ1) is 17.4. The number of rotatable bonds is 5. The number of anilines is 1. The molecule has 0 aliphatic heterocycles. The smallest absolute Gasteiger partial charge is 0.335 e. The van der Waals surface area contributed by atoms with Crippen LogP contribution in [0.15, 0.2) is 22.7 Å². The Hall–Kier alpha value is -1.61. The monoisotopic (exact) mass is 378 g/mol. The SMILES string of the molecule is CC(CS(C)(=O)=O)NC(=O)Nc1cc(Br)cc(C(=O)O)c1. The Kier molecular flexibility index (Phi) is 5.73. The molecular weight excluding hydrogens is 364 g/mol. The van der Waals surface area contributed by atoms with Crippen molar-refractivity contribution in [2.75, 3.05) is 17.3 Å². The third kappa shape index (κ3) is 6.58. The number of benzene rings is 1. The molecule has 2 amide bonds. The Bertz CT molecular complexity index is 660. The van der Waals surface area contributed by atoms with Gasteiger partial charge in [-0.25, -0.2) is 18.0 Å². The van der Waals surface area contributed by atoms with E-state index in [1.807, 2.05) is 0 Å². The second-order valence-corrected chi connectivity index (χ2v) is 7.73. The molecule has 1 aromatic carbocycles. The highest BCUT2D eigenvalue weighted by Crippen LogP contribution is 2.19. The fourth-order valence-electron chi connectivity index (χ4n) is 1.67. The first-order chi connectivity index (χ1) is 9.56. The molecule has 1 unspecified atom stereocenters. The van der Waals surface area contributed by atoms with Crippen molar-refractivity contribution in [3.05, 3.63) is 28.2 Å². The molecule has 0 aromatic heterocycles. The van der Waals surface area contributed by atoms with Crippen molar-refractivity contribution in [3.8, 4) is 0 Å². The van der Waals surface area contributed by atoms with Crippen LogP contribution in [0.4, 0.5) is 10.5 Å². The summed E-state index contributed by atoms with van der Waals surface area (Å²) in [6.45, 7) is 1.56. The highest BCUT2D eigenvalue weighted by molar-refractivity contribution is 9.10. The molecule has 3 N–H and O–H groups in total. The van der Waals surface area contributed by atoms with Gasteiger partial charge in [0, 0.05) is 22.5 Å². The molecule has 0 radical (unpaired) electrons. The van der Waals surface area contributed by atoms with Gasteiger partial charge in [0.1, 0.15) is 9.84 Å². The van der Waals surface area contributed by atoms with Crippen molar-refractivity contribution in [3.63, 3.8) is 0 Å². The minimum Gasteiger partial charge on any atom is -0.478 e. The Morgan fingerprint density at radius 1 is 1.33 bits per heavy atom. The standard InChI is InChI=1S/C12H15BrN2O5S/c1-7(6-21(2,19)20)14-12(18)15-10-4-8(11(16)17)3-9(13)5-10/h3-5,7H,6H2,1-2H3,(H,16,17)(H2,14,15,18). The van der Waals surface area contributed by atoms with Crippen LogP contribution in [0, 0.1) is 0 Å². The van der Waals surface area contributed by atoms with Gasteiger partial charge in [-0.3, -0.25) is 0 Å². The van der Waals surface area contributed by atoms with E-state index in [1.54, 1.807) is 6.92 Å². The molecule has 9 heteroatoms. The van der Waals surface area contributed by atoms with E-state index in [1.165, 1.54) is 18.2 Å². The number of hydrogen-bond acceptors (Lipinski definition) is 4. The van der Waals surface area contributed by atoms with Gasteiger partial charge in [-0.1, -0.05) is 15.9 Å². The summed E-state index contributed by atoms with van der Waals surface area (Å²) in [5.41, 5.74) is 0.301. The number of carbonyl (C=O) groups excluding carboxylic acids is 1. The van der Waals surface area contributed by atoms with E-state index in [9.17, 15) is 18.0 Å². The Balaban J connectivity index is 2.73. The lowest BCUT2D eigenvalue weighted by molar-refractivity contribution is 0.0696. The zero-order valence-electron chi connectivity index (χ0n) is 11.4. The van der Waals surface area contributed by atoms with Crippen molar-refractivity contribution in [2.24, 2.45) is 0 Å². The van der Waals surface area contributed by atoms with Crippen LogP contribution < -0.4 is 10.6 Å². The predicted octanol–water partition coefficient (Wildman–Crippen LogP) is 1.70. The maximum Gasteiger partial charge on any atom is 0.335 e. The summed E-state index contributed by atoms with van der Waals surface area (Å²) in [6.07, 6.45) is 1.08. The van der Waals surface area contributed by atoms with E-state index >= 15 is 0 Å². The molecule has 7 nitrogen and oxygen atoms in total. The van der Waals surface area contributed by atoms with E-state index < -0.39 is 27.9 Å². The van der Waals surface area contributed by atoms with Crippen LogP contribution in [0.25, 0.3) is 0 Å². The van der Waals surface area contributed by atoms with Crippen LogP contribution in [0.2, 0.25) is 0 Å². The van der Waals surface area contributed by atoms with Gasteiger partial charge in [0.15, 0.2) is 0 Å². The van der Waals surface area contributed by atoms with E-state index in [0.717, 1.165) is 6.26 Å². The summed E-state index contributed by atoms with van der Waals surface area (Å²) in [5, 5.41) is 13.8. The molecule has 0 heterocycles. The lowest BCUT2D eigenvalue weighted by Gasteiger charge is -2.14. The Morgan fingerprint density at radius 3 is 2.48 bits per heavy atom. The maximum absolute atomic E-state index is 11.7. The van der Waals surface area contributed by atoms with Crippen LogP contribution in [0.1, 0.15) is 17.3 Å². The second-order valence-electron chi connectivity index (χ2n) is 4.63. The minimum atomic E-state index is -3.19. The molecule has 1 rings (SSSR count). The average Bonchev–Trinajstić information content (AvgIpc) is 2.24. The third-order valence-corrected chi connectivity index (χ3v) is 3.90. The number of nitrogens with one attached hydrogen (secondary N) is 2. The maximum atomic E-state index is 11.7. The van der Waals surface area contributed by atoms with E-state index in [4.69, 9.17) is 5.11 Å². The topological polar surface area (TPSA) is 113 Å². The summed E-state index contributed by atoms with van der Waals surface area (Å²) in [6, 6.07) is 3.06. The molecule has 0 aliphatic carbocycles. The van der Waals surface area contributed by atoms with Gasteiger partial charge in [0.25, 0.3) is 0 Å². The van der Waals surface area contributed by atoms with Crippen LogP contribution in [0.3, 0.4) is 0 Å². The zero-order chi connectivity index (χ0) is 16.2. The van der Waals surface area contributed by atoms with E-state index in [-0.39, 0.29) is 17.0 Å². The second kappa shape index (κ2) is 6.90. The van der Waals surface area contributed by atoms with Gasteiger partial charge in [0.2, 0.25) is 0 Å². The number of amides is 2. The van der Waals surface area contributed by atoms with Gasteiger partial charge < -0.3 is 15.7 Å². The summed E-state index contributed by atoms with van der Waals surface area (Å²) >= 11 is 3.15. The molecule has 0 fully saturated rings. The number of carboxylic acids is 1. The van der Waals surface area contributed by atoms with Crippen molar-refractivity contribution < 1.29 is 23.1 Å². The molecule has 116 valence electrons. The van der Waals surface area contributed by atoms with E-state index in [2.05, 4.69) is 26.6 Å². The first-order valence-corrected chi connectivity index (χ1v) is 8.71. The summed E-state index contributed by atoms with van der Waals surface area (Å²) in [5.74, 6) is -1.30. The molecule has 0 saturated heterocycles. The van der Waals surface area contributed by atoms with Gasteiger partial charge in [0.05, 0.1) is 11.3 Å². The van der Waals surface area contributed by atoms with Gasteiger partial charge in [-0.15, -0.1) is 0 Å². The molecule has 0 aliphatic rings. The van der Waals surface area contributed by atoms with Crippen LogP contribution in [0.5, 0.6) is 0 Å². The van der Waals surface area contributed by atoms with Gasteiger partial charge >= 0.3 is 12.0 Å². The fourth-order valence-corrected chi connectivity index (χ4v) is 3.16. The summed E-state index contributed by atoms with van der Waals surface area (Å²) < 4.78 is 22.7. The van der Waals surface area contributed by atoms with Crippen molar-refractivity contribution in [1.82, 2.24) is 5.32 Å². The number of carbonyl (C=O) groups is 2. The molecule has 0 spiro atoms. The fraction of sp³-hybridized carbons (Fsp3) is 0.333. The lowest BCUT2D eigenvalue weighted by atomic mass is 10.2. The number of carboxylic acid groups (broad SMARTS) is 1. The molecule has 0 bridgehead atoms. The molecular formula is C12H15BrN2O5S. The lowest BCUT2D eigenvalue weighted by Crippen LogP contribution is -2.39. The van der Waals surface area contributed by atoms with E-state index in [0.29, 0.717) is 4.47 Å². The first-order valence-electron chi connectivity index (χ1n) is 5.86. The molecule has 1 atom stereocenters. The average molecular weight is 379 g/mol. The number of sulfone groups is 1. The number of urea groups is 1. The number of hydrogen-bond donors (Lipinski definition) is 3. The third-order valence-electron chi connectivity index (χ3n) is 2.33. The Morgan fingerprint density at radius 2 is 1.95 bits per heavy atom. The zero-order valence-corrected chi connectivity index (χ0v) is 13.8. The quantitative estimate of drug-likeness (QED) is 0.721. The number of aromatic carboxylic acids is 1. The summed E-state index contributed by atoms with van der Waals surface area (Å²) in [7, 11) is -3.19.